The number of nitrogens with one attached hydrogen (secondary N) is 2. The van der Waals surface area contributed by atoms with Crippen LogP contribution in [0.4, 0.5) is 17.1 Å². The molecule has 0 amide bonds. The van der Waals surface area contributed by atoms with Crippen molar-refractivity contribution in [2.24, 2.45) is 0 Å². The third kappa shape index (κ3) is 6.17. The number of hydrogen-bond acceptors (Lipinski definition) is 5. The lowest BCUT2D eigenvalue weighted by Gasteiger charge is -2.16. The third-order valence-corrected chi connectivity index (χ3v) is 6.53. The maximum atomic E-state index is 6.24. The number of unbranched alkanes of at least 4 members (excludes halogenated alkanes) is 1. The summed E-state index contributed by atoms with van der Waals surface area (Å²) in [7, 11) is 0. The minimum absolute atomic E-state index is 0. The van der Waals surface area contributed by atoms with Crippen LogP contribution in [0.5, 0.6) is 5.75 Å². The van der Waals surface area contributed by atoms with Gasteiger partial charge in [0.05, 0.1) is 34.5 Å². The van der Waals surface area contributed by atoms with Gasteiger partial charge in [-0.05, 0) is 49.2 Å². The fraction of sp³-hybridized carbons (Fsp3) is 0.125. The molecule has 39 heavy (non-hydrogen) atoms. The van der Waals surface area contributed by atoms with Crippen molar-refractivity contribution in [3.63, 3.8) is 0 Å². The van der Waals surface area contributed by atoms with Gasteiger partial charge in [0.25, 0.3) is 0 Å². The fourth-order valence-electron chi connectivity index (χ4n) is 4.69. The molecule has 6 rings (SSSR count). The van der Waals surface area contributed by atoms with Crippen LogP contribution >= 0.6 is 24.8 Å². The molecule has 0 spiro atoms. The van der Waals surface area contributed by atoms with Gasteiger partial charge in [-0.15, -0.1) is 24.8 Å². The van der Waals surface area contributed by atoms with E-state index in [1.165, 1.54) is 0 Å². The van der Waals surface area contributed by atoms with Crippen LogP contribution < -0.4 is 15.4 Å². The van der Waals surface area contributed by atoms with Crippen LogP contribution in [0.2, 0.25) is 0 Å². The van der Waals surface area contributed by atoms with Crippen LogP contribution in [0.15, 0.2) is 109 Å². The number of para-hydroxylation sites is 5. The standard InChI is InChI=1S/C32H28N4O.2ClH/c1-4-14-26-23(11-1)27(19-21-34-26)33-20-9-10-22-37-31-18-8-7-17-30(31)36-32-24-12-2-5-15-28(24)35-29-16-6-3-13-25(29)32;;/h1-8,11-19,21H,9-10,20,22H2,(H,33,34)(H,35,36);2*1H. The molecule has 2 heterocycles. The smallest absolute Gasteiger partial charge is 0.142 e. The molecular formula is C32H30Cl2N4O. The molecule has 7 heteroatoms. The molecule has 4 aromatic carbocycles. The normalized spacial score (nSPS) is 10.6. The molecule has 0 bridgehead atoms. The zero-order valence-electron chi connectivity index (χ0n) is 21.3. The van der Waals surface area contributed by atoms with Gasteiger partial charge in [0.1, 0.15) is 5.75 Å². The Labute approximate surface area is 240 Å². The highest BCUT2D eigenvalue weighted by Crippen LogP contribution is 2.36. The molecule has 0 saturated heterocycles. The molecule has 0 saturated carbocycles. The first-order chi connectivity index (χ1) is 18.4. The number of benzene rings is 4. The topological polar surface area (TPSA) is 59.1 Å². The van der Waals surface area contributed by atoms with E-state index in [1.54, 1.807) is 0 Å². The zero-order chi connectivity index (χ0) is 24.9. The molecule has 2 N–H and O–H groups in total. The highest BCUT2D eigenvalue weighted by Gasteiger charge is 2.11. The number of rotatable bonds is 9. The molecule has 5 nitrogen and oxygen atoms in total. The summed E-state index contributed by atoms with van der Waals surface area (Å²) in [5.74, 6) is 0.848. The summed E-state index contributed by atoms with van der Waals surface area (Å²) >= 11 is 0. The molecule has 0 radical (unpaired) electrons. The van der Waals surface area contributed by atoms with E-state index in [0.717, 1.165) is 74.9 Å². The van der Waals surface area contributed by atoms with Crippen LogP contribution in [-0.2, 0) is 0 Å². The minimum atomic E-state index is 0. The van der Waals surface area contributed by atoms with Crippen molar-refractivity contribution in [2.75, 3.05) is 23.8 Å². The number of anilines is 3. The number of hydrogen-bond donors (Lipinski definition) is 2. The molecule has 2 aromatic heterocycles. The Morgan fingerprint density at radius 3 is 1.95 bits per heavy atom. The van der Waals surface area contributed by atoms with E-state index in [9.17, 15) is 0 Å². The summed E-state index contributed by atoms with van der Waals surface area (Å²) in [6.45, 7) is 1.53. The number of nitrogens with zero attached hydrogens (tertiary/aromatic N) is 2. The van der Waals surface area contributed by atoms with Crippen LogP contribution in [0, 0.1) is 0 Å². The van der Waals surface area contributed by atoms with Gasteiger partial charge in [0, 0.05) is 34.6 Å². The summed E-state index contributed by atoms with van der Waals surface area (Å²) in [6, 6.07) is 34.9. The Bertz CT molecular complexity index is 1630. The molecule has 0 aliphatic carbocycles. The van der Waals surface area contributed by atoms with E-state index in [4.69, 9.17) is 9.72 Å². The van der Waals surface area contributed by atoms with E-state index in [1.807, 2.05) is 60.8 Å². The number of pyridine rings is 2. The summed E-state index contributed by atoms with van der Waals surface area (Å²) in [5, 5.41) is 10.5. The Morgan fingerprint density at radius 1 is 0.590 bits per heavy atom. The zero-order valence-corrected chi connectivity index (χ0v) is 23.0. The molecule has 6 aromatic rings. The van der Waals surface area contributed by atoms with Crippen LogP contribution in [0.25, 0.3) is 32.7 Å². The van der Waals surface area contributed by atoms with Crippen molar-refractivity contribution in [3.05, 3.63) is 109 Å². The average Bonchev–Trinajstić information content (AvgIpc) is 2.95. The van der Waals surface area contributed by atoms with Gasteiger partial charge in [0.15, 0.2) is 0 Å². The average molecular weight is 558 g/mol. The second kappa shape index (κ2) is 13.1. The van der Waals surface area contributed by atoms with Crippen molar-refractivity contribution in [1.82, 2.24) is 9.97 Å². The van der Waals surface area contributed by atoms with Crippen molar-refractivity contribution in [2.45, 2.75) is 12.8 Å². The summed E-state index contributed by atoms with van der Waals surface area (Å²) < 4.78 is 6.24. The van der Waals surface area contributed by atoms with E-state index in [0.29, 0.717) is 6.61 Å². The molecule has 0 unspecified atom stereocenters. The first-order valence-corrected chi connectivity index (χ1v) is 12.7. The monoisotopic (exact) mass is 556 g/mol. The van der Waals surface area contributed by atoms with Gasteiger partial charge < -0.3 is 15.4 Å². The SMILES string of the molecule is Cl.Cl.c1ccc(OCCCCNc2ccnc3ccccc23)c(Nc2c3ccccc3nc3ccccc23)c1. The third-order valence-electron chi connectivity index (χ3n) is 6.53. The fourth-order valence-corrected chi connectivity index (χ4v) is 4.69. The van der Waals surface area contributed by atoms with Crippen LogP contribution in [0.3, 0.4) is 0 Å². The Morgan fingerprint density at radius 2 is 1.21 bits per heavy atom. The van der Waals surface area contributed by atoms with Crippen LogP contribution in [-0.4, -0.2) is 23.1 Å². The number of fused-ring (bicyclic) bond motifs is 3. The second-order valence-electron chi connectivity index (χ2n) is 9.00. The van der Waals surface area contributed by atoms with E-state index in [-0.39, 0.29) is 24.8 Å². The van der Waals surface area contributed by atoms with Gasteiger partial charge in [-0.2, -0.15) is 0 Å². The highest BCUT2D eigenvalue weighted by atomic mass is 35.5. The highest BCUT2D eigenvalue weighted by molar-refractivity contribution is 6.08. The molecule has 198 valence electrons. The predicted molar refractivity (Wildman–Crippen MR) is 168 cm³/mol. The van der Waals surface area contributed by atoms with Crippen molar-refractivity contribution < 1.29 is 4.74 Å². The lowest BCUT2D eigenvalue weighted by Crippen LogP contribution is -2.06. The maximum absolute atomic E-state index is 6.24. The molecule has 0 aliphatic heterocycles. The number of aromatic nitrogens is 2. The molecule has 0 fully saturated rings. The Balaban J connectivity index is 0.00000176. The quantitative estimate of drug-likeness (QED) is 0.137. The van der Waals surface area contributed by atoms with E-state index >= 15 is 0 Å². The first-order valence-electron chi connectivity index (χ1n) is 12.7. The molecule has 0 atom stereocenters. The predicted octanol–water partition coefficient (Wildman–Crippen LogP) is 8.79. The van der Waals surface area contributed by atoms with Gasteiger partial charge in [-0.25, -0.2) is 4.98 Å². The lowest BCUT2D eigenvalue weighted by molar-refractivity contribution is 0.310. The number of halogens is 2. The van der Waals surface area contributed by atoms with Gasteiger partial charge >= 0.3 is 0 Å². The van der Waals surface area contributed by atoms with Gasteiger partial charge in [0.2, 0.25) is 0 Å². The Hall–Kier alpha value is -4.06. The van der Waals surface area contributed by atoms with Gasteiger partial charge in [-0.1, -0.05) is 66.7 Å². The minimum Gasteiger partial charge on any atom is -0.491 e. The van der Waals surface area contributed by atoms with E-state index in [2.05, 4.69) is 64.1 Å². The van der Waals surface area contributed by atoms with E-state index < -0.39 is 0 Å². The first kappa shape index (κ1) is 28.0. The second-order valence-corrected chi connectivity index (χ2v) is 9.00. The summed E-state index contributed by atoms with van der Waals surface area (Å²) in [6.07, 6.45) is 3.81. The Kier molecular flexibility index (Phi) is 9.42. The largest absolute Gasteiger partial charge is 0.491 e. The van der Waals surface area contributed by atoms with Gasteiger partial charge in [-0.3, -0.25) is 4.98 Å². The lowest BCUT2D eigenvalue weighted by atomic mass is 10.1. The van der Waals surface area contributed by atoms with Crippen LogP contribution in [0.1, 0.15) is 12.8 Å². The molecular weight excluding hydrogens is 527 g/mol. The van der Waals surface area contributed by atoms with Crippen molar-refractivity contribution >= 4 is 74.6 Å². The summed E-state index contributed by atoms with van der Waals surface area (Å²) in [4.78, 5) is 9.27. The van der Waals surface area contributed by atoms with Crippen molar-refractivity contribution in [3.8, 4) is 5.75 Å². The summed E-state index contributed by atoms with van der Waals surface area (Å²) in [5.41, 5.74) is 6.07. The number of ether oxygens (including phenoxy) is 1. The maximum Gasteiger partial charge on any atom is 0.142 e. The van der Waals surface area contributed by atoms with Crippen molar-refractivity contribution in [1.29, 1.82) is 0 Å². The molecule has 0 aliphatic rings.